The van der Waals surface area contributed by atoms with Crippen molar-refractivity contribution < 1.29 is 0 Å². The molecule has 0 spiro atoms. The lowest BCUT2D eigenvalue weighted by Crippen LogP contribution is -2.28. The predicted octanol–water partition coefficient (Wildman–Crippen LogP) is 13.3. The topological polar surface area (TPSA) is 38.7 Å². The van der Waals surface area contributed by atoms with Gasteiger partial charge in [-0.3, -0.25) is 0 Å². The number of fused-ring (bicyclic) bond motifs is 6. The minimum Gasteiger partial charge on any atom is -0.208 e. The van der Waals surface area contributed by atoms with E-state index < -0.39 is 5.41 Å². The molecule has 11 rings (SSSR count). The van der Waals surface area contributed by atoms with Crippen LogP contribution in [0.5, 0.6) is 0 Å². The Labute approximate surface area is 329 Å². The van der Waals surface area contributed by atoms with Crippen molar-refractivity contribution in [1.29, 1.82) is 0 Å². The first-order chi connectivity index (χ1) is 27.7. The second-order valence-corrected chi connectivity index (χ2v) is 15.4. The number of aromatic nitrogens is 3. The molecule has 0 fully saturated rings. The van der Waals surface area contributed by atoms with Gasteiger partial charge in [-0.1, -0.05) is 182 Å². The average molecular weight is 732 g/mol. The van der Waals surface area contributed by atoms with Crippen LogP contribution in [0.4, 0.5) is 0 Å². The lowest BCUT2D eigenvalue weighted by Gasteiger charge is -2.34. The number of thiophene rings is 1. The Morgan fingerprint density at radius 1 is 0.321 bits per heavy atom. The second kappa shape index (κ2) is 13.1. The van der Waals surface area contributed by atoms with E-state index in [9.17, 15) is 0 Å². The fraction of sp³-hybridized carbons (Fsp3) is 0.0192. The average Bonchev–Trinajstić information content (AvgIpc) is 3.81. The second-order valence-electron chi connectivity index (χ2n) is 14.3. The highest BCUT2D eigenvalue weighted by Crippen LogP contribution is 2.56. The molecule has 0 amide bonds. The Morgan fingerprint density at radius 2 is 0.750 bits per heavy atom. The third-order valence-electron chi connectivity index (χ3n) is 11.3. The van der Waals surface area contributed by atoms with E-state index >= 15 is 0 Å². The number of hydrogen-bond donors (Lipinski definition) is 0. The lowest BCUT2D eigenvalue weighted by molar-refractivity contribution is 0.770. The molecular formula is C52H33N3S. The molecule has 10 aromatic rings. The standard InChI is InChI=1S/C52H33N3S/c1-3-13-36(14-4-1)49-53-50(37-15-5-2-6-16-37)55-51(54-49)38-25-23-34(24-26-38)35-27-29-39(30-28-35)52(45-20-10-7-17-41(45)42-18-8-11-21-46(42)52)40-31-32-48-44(33-40)43-19-9-12-22-47(43)56-48/h1-33H. The lowest BCUT2D eigenvalue weighted by atomic mass is 9.67. The highest BCUT2D eigenvalue weighted by Gasteiger charge is 2.46. The summed E-state index contributed by atoms with van der Waals surface area (Å²) in [5.41, 5.74) is 12.4. The molecule has 56 heavy (non-hydrogen) atoms. The summed E-state index contributed by atoms with van der Waals surface area (Å²) >= 11 is 1.87. The fourth-order valence-corrected chi connectivity index (χ4v) is 9.73. The van der Waals surface area contributed by atoms with Crippen LogP contribution in [0.1, 0.15) is 22.3 Å². The van der Waals surface area contributed by atoms with Gasteiger partial charge in [-0.25, -0.2) is 15.0 Å². The summed E-state index contributed by atoms with van der Waals surface area (Å²) in [7, 11) is 0. The quantitative estimate of drug-likeness (QED) is 0.171. The molecule has 0 radical (unpaired) electrons. The molecule has 0 aliphatic heterocycles. The van der Waals surface area contributed by atoms with Crippen LogP contribution < -0.4 is 0 Å². The van der Waals surface area contributed by atoms with E-state index in [0.29, 0.717) is 17.5 Å². The maximum Gasteiger partial charge on any atom is 0.164 e. The Morgan fingerprint density at radius 3 is 1.34 bits per heavy atom. The van der Waals surface area contributed by atoms with Crippen LogP contribution in [0.3, 0.4) is 0 Å². The summed E-state index contributed by atoms with van der Waals surface area (Å²) in [4.78, 5) is 14.7. The van der Waals surface area contributed by atoms with Gasteiger partial charge >= 0.3 is 0 Å². The van der Waals surface area contributed by atoms with Gasteiger partial charge in [-0.2, -0.15) is 0 Å². The van der Waals surface area contributed by atoms with Gasteiger partial charge in [0.2, 0.25) is 0 Å². The van der Waals surface area contributed by atoms with E-state index in [2.05, 4.69) is 140 Å². The van der Waals surface area contributed by atoms with Crippen LogP contribution in [0.15, 0.2) is 200 Å². The van der Waals surface area contributed by atoms with Crippen molar-refractivity contribution in [3.8, 4) is 56.4 Å². The van der Waals surface area contributed by atoms with Gasteiger partial charge in [0.05, 0.1) is 5.41 Å². The summed E-state index contributed by atoms with van der Waals surface area (Å²) in [6.07, 6.45) is 0. The minimum atomic E-state index is -0.474. The van der Waals surface area contributed by atoms with Gasteiger partial charge < -0.3 is 0 Å². The Bertz CT molecular complexity index is 2960. The van der Waals surface area contributed by atoms with Crippen LogP contribution in [-0.4, -0.2) is 15.0 Å². The van der Waals surface area contributed by atoms with Crippen LogP contribution >= 0.6 is 11.3 Å². The predicted molar refractivity (Wildman–Crippen MR) is 232 cm³/mol. The van der Waals surface area contributed by atoms with Crippen molar-refractivity contribution in [2.45, 2.75) is 5.41 Å². The summed E-state index contributed by atoms with van der Waals surface area (Å²) in [6.45, 7) is 0. The fourth-order valence-electron chi connectivity index (χ4n) is 8.65. The molecule has 8 aromatic carbocycles. The Hall–Kier alpha value is -7.01. The number of hydrogen-bond acceptors (Lipinski definition) is 4. The molecule has 262 valence electrons. The molecule has 2 heterocycles. The highest BCUT2D eigenvalue weighted by molar-refractivity contribution is 7.25. The Kier molecular flexibility index (Phi) is 7.58. The summed E-state index contributed by atoms with van der Waals surface area (Å²) in [6, 6.07) is 71.8. The summed E-state index contributed by atoms with van der Waals surface area (Å²) < 4.78 is 2.63. The zero-order valence-electron chi connectivity index (χ0n) is 30.3. The molecule has 0 saturated heterocycles. The molecule has 0 bridgehead atoms. The highest BCUT2D eigenvalue weighted by atomic mass is 32.1. The third kappa shape index (κ3) is 5.14. The van der Waals surface area contributed by atoms with Crippen molar-refractivity contribution in [3.05, 3.63) is 222 Å². The summed E-state index contributed by atoms with van der Waals surface area (Å²) in [5, 5.41) is 2.62. The van der Waals surface area contributed by atoms with Crippen molar-refractivity contribution >= 4 is 31.5 Å². The molecule has 2 aromatic heterocycles. The van der Waals surface area contributed by atoms with Crippen molar-refractivity contribution in [2.75, 3.05) is 0 Å². The first-order valence-corrected chi connectivity index (χ1v) is 19.8. The molecule has 0 atom stereocenters. The van der Waals surface area contributed by atoms with Crippen LogP contribution in [0, 0.1) is 0 Å². The largest absolute Gasteiger partial charge is 0.208 e. The monoisotopic (exact) mass is 731 g/mol. The number of benzene rings is 8. The maximum atomic E-state index is 4.94. The molecular weight excluding hydrogens is 699 g/mol. The van der Waals surface area contributed by atoms with E-state index in [1.54, 1.807) is 0 Å². The van der Waals surface area contributed by atoms with Gasteiger partial charge in [-0.05, 0) is 62.7 Å². The van der Waals surface area contributed by atoms with E-state index in [4.69, 9.17) is 15.0 Å². The van der Waals surface area contributed by atoms with E-state index in [1.807, 2.05) is 72.0 Å². The van der Waals surface area contributed by atoms with Crippen LogP contribution in [-0.2, 0) is 5.41 Å². The van der Waals surface area contributed by atoms with E-state index in [-0.39, 0.29) is 0 Å². The number of nitrogens with zero attached hydrogens (tertiary/aromatic N) is 3. The molecule has 0 N–H and O–H groups in total. The van der Waals surface area contributed by atoms with E-state index in [1.165, 1.54) is 53.6 Å². The van der Waals surface area contributed by atoms with Gasteiger partial charge in [0.15, 0.2) is 17.5 Å². The Balaban J connectivity index is 1.01. The SMILES string of the molecule is c1ccc(-c2nc(-c3ccccc3)nc(-c3ccc(-c4ccc(C5(c6ccc7sc8ccccc8c7c6)c6ccccc6-c6ccccc65)cc4)cc3)n2)cc1. The zero-order valence-corrected chi connectivity index (χ0v) is 31.1. The molecule has 4 heteroatoms. The molecule has 0 unspecified atom stereocenters. The summed E-state index contributed by atoms with van der Waals surface area (Å²) in [5.74, 6) is 1.96. The van der Waals surface area contributed by atoms with Gasteiger partial charge in [0, 0.05) is 36.9 Å². The van der Waals surface area contributed by atoms with Gasteiger partial charge in [-0.15, -0.1) is 11.3 Å². The first-order valence-electron chi connectivity index (χ1n) is 18.9. The van der Waals surface area contributed by atoms with Crippen molar-refractivity contribution in [3.63, 3.8) is 0 Å². The molecule has 1 aliphatic carbocycles. The van der Waals surface area contributed by atoms with Crippen LogP contribution in [0.2, 0.25) is 0 Å². The van der Waals surface area contributed by atoms with E-state index in [0.717, 1.165) is 27.8 Å². The van der Waals surface area contributed by atoms with Crippen molar-refractivity contribution in [1.82, 2.24) is 15.0 Å². The molecule has 1 aliphatic rings. The van der Waals surface area contributed by atoms with Crippen molar-refractivity contribution in [2.24, 2.45) is 0 Å². The van der Waals surface area contributed by atoms with Gasteiger partial charge in [0.25, 0.3) is 0 Å². The molecule has 3 nitrogen and oxygen atoms in total. The zero-order chi connectivity index (χ0) is 37.1. The molecule has 0 saturated carbocycles. The smallest absolute Gasteiger partial charge is 0.164 e. The third-order valence-corrected chi connectivity index (χ3v) is 12.4. The normalized spacial score (nSPS) is 12.8. The van der Waals surface area contributed by atoms with Gasteiger partial charge in [0.1, 0.15) is 0 Å². The maximum absolute atomic E-state index is 4.94. The minimum absolute atomic E-state index is 0.474. The van der Waals surface area contributed by atoms with Crippen LogP contribution in [0.25, 0.3) is 76.6 Å². The number of rotatable bonds is 6. The first kappa shape index (κ1) is 32.4.